The minimum Gasteiger partial charge on any atom is -0.497 e. The minimum absolute atomic E-state index is 0.346. The molecule has 0 aromatic heterocycles. The van der Waals surface area contributed by atoms with Crippen molar-refractivity contribution >= 4 is 21.6 Å². The number of carbonyl (C=O) groups excluding carboxylic acids is 1. The summed E-state index contributed by atoms with van der Waals surface area (Å²) in [4.78, 5) is 12.7. The Labute approximate surface area is 179 Å². The van der Waals surface area contributed by atoms with Crippen molar-refractivity contribution in [2.75, 3.05) is 31.3 Å². The van der Waals surface area contributed by atoms with Crippen LogP contribution in [0.4, 0.5) is 5.69 Å². The van der Waals surface area contributed by atoms with E-state index in [1.165, 1.54) is 7.11 Å². The molecule has 2 aromatic carbocycles. The highest BCUT2D eigenvalue weighted by atomic mass is 32.2. The van der Waals surface area contributed by atoms with Crippen LogP contribution in [-0.2, 0) is 21.2 Å². The number of ether oxygens (including phenoxy) is 2. The number of benzene rings is 2. The topological polar surface area (TPSA) is 84.9 Å². The van der Waals surface area contributed by atoms with Gasteiger partial charge in [-0.3, -0.25) is 9.10 Å². The Morgan fingerprint density at radius 1 is 1.13 bits per heavy atom. The van der Waals surface area contributed by atoms with Gasteiger partial charge in [0.2, 0.25) is 15.9 Å². The third kappa shape index (κ3) is 6.13. The largest absolute Gasteiger partial charge is 0.497 e. The number of anilines is 1. The van der Waals surface area contributed by atoms with E-state index in [0.717, 1.165) is 40.3 Å². The van der Waals surface area contributed by atoms with Crippen molar-refractivity contribution in [3.05, 3.63) is 53.6 Å². The zero-order valence-corrected chi connectivity index (χ0v) is 19.0. The number of hydrogen-bond donors (Lipinski definition) is 1. The van der Waals surface area contributed by atoms with Crippen molar-refractivity contribution in [1.82, 2.24) is 5.32 Å². The highest BCUT2D eigenvalue weighted by molar-refractivity contribution is 7.92. The van der Waals surface area contributed by atoms with Gasteiger partial charge in [0.15, 0.2) is 0 Å². The van der Waals surface area contributed by atoms with E-state index in [4.69, 9.17) is 9.47 Å². The van der Waals surface area contributed by atoms with Crippen molar-refractivity contribution < 1.29 is 22.7 Å². The van der Waals surface area contributed by atoms with Gasteiger partial charge in [0.1, 0.15) is 17.5 Å². The van der Waals surface area contributed by atoms with Crippen LogP contribution in [-0.4, -0.2) is 47.4 Å². The summed E-state index contributed by atoms with van der Waals surface area (Å²) < 4.78 is 36.7. The van der Waals surface area contributed by atoms with Crippen LogP contribution in [0.15, 0.2) is 42.5 Å². The van der Waals surface area contributed by atoms with Crippen molar-refractivity contribution in [3.63, 3.8) is 0 Å². The number of aryl methyl sites for hydroxylation is 2. The highest BCUT2D eigenvalue weighted by Crippen LogP contribution is 2.32. The predicted molar refractivity (Wildman–Crippen MR) is 119 cm³/mol. The van der Waals surface area contributed by atoms with Gasteiger partial charge in [0.05, 0.1) is 26.2 Å². The first-order chi connectivity index (χ1) is 14.2. The quantitative estimate of drug-likeness (QED) is 0.581. The smallest absolute Gasteiger partial charge is 0.243 e. The molecule has 2 rings (SSSR count). The van der Waals surface area contributed by atoms with E-state index in [0.29, 0.717) is 18.0 Å². The fourth-order valence-corrected chi connectivity index (χ4v) is 4.40. The SMILES string of the molecule is COc1cccc(CCCNC(=O)[C@H](C)N(c2cc(C)ccc2OC)S(C)(=O)=O)c1. The number of methoxy groups -OCH3 is 2. The fourth-order valence-electron chi connectivity index (χ4n) is 3.23. The molecule has 8 heteroatoms. The van der Waals surface area contributed by atoms with Gasteiger partial charge in [-0.15, -0.1) is 0 Å². The first-order valence-corrected chi connectivity index (χ1v) is 11.6. The lowest BCUT2D eigenvalue weighted by atomic mass is 10.1. The molecular weight excluding hydrogens is 404 g/mol. The van der Waals surface area contributed by atoms with Gasteiger partial charge in [-0.2, -0.15) is 0 Å². The van der Waals surface area contributed by atoms with Crippen LogP contribution in [0.3, 0.4) is 0 Å². The van der Waals surface area contributed by atoms with Gasteiger partial charge in [0, 0.05) is 6.54 Å². The summed E-state index contributed by atoms with van der Waals surface area (Å²) in [5.74, 6) is 0.819. The van der Waals surface area contributed by atoms with Crippen LogP contribution in [0, 0.1) is 6.92 Å². The van der Waals surface area contributed by atoms with E-state index >= 15 is 0 Å². The second kappa shape index (κ2) is 10.3. The molecule has 0 spiro atoms. The maximum Gasteiger partial charge on any atom is 0.243 e. The molecule has 30 heavy (non-hydrogen) atoms. The minimum atomic E-state index is -3.71. The summed E-state index contributed by atoms with van der Waals surface area (Å²) in [6.45, 7) is 3.86. The van der Waals surface area contributed by atoms with E-state index < -0.39 is 16.1 Å². The second-order valence-electron chi connectivity index (χ2n) is 7.16. The monoisotopic (exact) mass is 434 g/mol. The maximum absolute atomic E-state index is 12.7. The Morgan fingerprint density at radius 3 is 2.50 bits per heavy atom. The molecular formula is C22H30N2O5S. The molecule has 164 valence electrons. The molecule has 1 N–H and O–H groups in total. The molecule has 0 saturated carbocycles. The number of amides is 1. The lowest BCUT2D eigenvalue weighted by Gasteiger charge is -2.29. The molecule has 0 aliphatic rings. The first-order valence-electron chi connectivity index (χ1n) is 9.72. The Morgan fingerprint density at radius 2 is 1.87 bits per heavy atom. The molecule has 0 aliphatic heterocycles. The average molecular weight is 435 g/mol. The van der Waals surface area contributed by atoms with Gasteiger partial charge in [-0.1, -0.05) is 18.2 Å². The molecule has 0 radical (unpaired) electrons. The molecule has 2 aromatic rings. The number of hydrogen-bond acceptors (Lipinski definition) is 5. The van der Waals surface area contributed by atoms with Crippen molar-refractivity contribution in [2.45, 2.75) is 32.7 Å². The van der Waals surface area contributed by atoms with Crippen LogP contribution >= 0.6 is 0 Å². The third-order valence-corrected chi connectivity index (χ3v) is 5.96. The van der Waals surface area contributed by atoms with Gasteiger partial charge in [0.25, 0.3) is 0 Å². The predicted octanol–water partition coefficient (Wildman–Crippen LogP) is 2.92. The zero-order valence-electron chi connectivity index (χ0n) is 18.1. The van der Waals surface area contributed by atoms with Crippen LogP contribution in [0.25, 0.3) is 0 Å². The van der Waals surface area contributed by atoms with Gasteiger partial charge in [-0.25, -0.2) is 8.42 Å². The molecule has 1 atom stereocenters. The summed E-state index contributed by atoms with van der Waals surface area (Å²) >= 11 is 0. The fraction of sp³-hybridized carbons (Fsp3) is 0.409. The number of sulfonamides is 1. The number of nitrogens with one attached hydrogen (secondary N) is 1. The second-order valence-corrected chi connectivity index (χ2v) is 9.02. The lowest BCUT2D eigenvalue weighted by Crippen LogP contribution is -2.48. The number of rotatable bonds is 10. The van der Waals surface area contributed by atoms with E-state index in [1.54, 1.807) is 26.2 Å². The average Bonchev–Trinajstić information content (AvgIpc) is 2.70. The van der Waals surface area contributed by atoms with Crippen LogP contribution in [0.5, 0.6) is 11.5 Å². The lowest BCUT2D eigenvalue weighted by molar-refractivity contribution is -0.121. The van der Waals surface area contributed by atoms with Gasteiger partial charge in [-0.05, 0) is 62.1 Å². The molecule has 0 fully saturated rings. The van der Waals surface area contributed by atoms with E-state index in [1.807, 2.05) is 37.3 Å². The third-order valence-electron chi connectivity index (χ3n) is 4.74. The molecule has 0 unspecified atom stereocenters. The Hall–Kier alpha value is -2.74. The number of carbonyl (C=O) groups is 1. The Kier molecular flexibility index (Phi) is 8.11. The summed E-state index contributed by atoms with van der Waals surface area (Å²) in [5, 5.41) is 2.84. The Bertz CT molecular complexity index is 975. The van der Waals surface area contributed by atoms with Crippen LogP contribution < -0.4 is 19.1 Å². The molecule has 7 nitrogen and oxygen atoms in total. The van der Waals surface area contributed by atoms with E-state index in [-0.39, 0.29) is 5.91 Å². The Balaban J connectivity index is 2.07. The van der Waals surface area contributed by atoms with Crippen LogP contribution in [0.2, 0.25) is 0 Å². The molecule has 1 amide bonds. The molecule has 0 bridgehead atoms. The van der Waals surface area contributed by atoms with E-state index in [2.05, 4.69) is 5.32 Å². The molecule has 0 aliphatic carbocycles. The summed E-state index contributed by atoms with van der Waals surface area (Å²) in [5.41, 5.74) is 2.32. The number of nitrogens with zero attached hydrogens (tertiary/aromatic N) is 1. The first kappa shape index (κ1) is 23.5. The van der Waals surface area contributed by atoms with Crippen LogP contribution in [0.1, 0.15) is 24.5 Å². The zero-order chi connectivity index (χ0) is 22.3. The van der Waals surface area contributed by atoms with Crippen molar-refractivity contribution in [3.8, 4) is 11.5 Å². The normalized spacial score (nSPS) is 12.2. The molecule has 0 saturated heterocycles. The van der Waals surface area contributed by atoms with Gasteiger partial charge < -0.3 is 14.8 Å². The highest BCUT2D eigenvalue weighted by Gasteiger charge is 2.31. The summed E-state index contributed by atoms with van der Waals surface area (Å²) in [6, 6.07) is 12.1. The van der Waals surface area contributed by atoms with Crippen molar-refractivity contribution in [1.29, 1.82) is 0 Å². The maximum atomic E-state index is 12.7. The van der Waals surface area contributed by atoms with Crippen molar-refractivity contribution in [2.24, 2.45) is 0 Å². The van der Waals surface area contributed by atoms with Gasteiger partial charge >= 0.3 is 0 Å². The molecule has 0 heterocycles. The summed E-state index contributed by atoms with van der Waals surface area (Å²) in [6.07, 6.45) is 2.58. The standard InChI is InChI=1S/C22H30N2O5S/c1-16-11-12-21(29-4)20(14-16)24(30(5,26)27)17(2)22(25)23-13-7-9-18-8-6-10-19(15-18)28-3/h6,8,10-12,14-15,17H,7,9,13H2,1-5H3,(H,23,25)/t17-/m0/s1. The van der Waals surface area contributed by atoms with E-state index in [9.17, 15) is 13.2 Å². The summed E-state index contributed by atoms with van der Waals surface area (Å²) in [7, 11) is -0.622.